The Hall–Kier alpha value is -2.41. The largest absolute Gasteiger partial charge is 0.354 e. The van der Waals surface area contributed by atoms with Gasteiger partial charge in [0.25, 0.3) is 5.56 Å². The molecule has 0 aliphatic carbocycles. The highest BCUT2D eigenvalue weighted by atomic mass is 16.1. The molecule has 2 bridgehead atoms. The molecule has 2 aromatic rings. The molecule has 7 nitrogen and oxygen atoms in total. The van der Waals surface area contributed by atoms with Gasteiger partial charge in [-0.3, -0.25) is 14.5 Å². The van der Waals surface area contributed by atoms with Crippen LogP contribution in [0.4, 0.5) is 0 Å². The molecule has 0 aromatic carbocycles. The van der Waals surface area contributed by atoms with E-state index in [1.165, 1.54) is 6.92 Å². The van der Waals surface area contributed by atoms with Gasteiger partial charge in [-0.2, -0.15) is 0 Å². The predicted molar refractivity (Wildman–Crippen MR) is 102 cm³/mol. The van der Waals surface area contributed by atoms with Crippen LogP contribution in [-0.4, -0.2) is 44.6 Å². The second kappa shape index (κ2) is 7.31. The molecule has 3 atom stereocenters. The van der Waals surface area contributed by atoms with Gasteiger partial charge >= 0.3 is 0 Å². The van der Waals surface area contributed by atoms with Crippen LogP contribution in [0.1, 0.15) is 43.6 Å². The van der Waals surface area contributed by atoms with Crippen molar-refractivity contribution in [1.82, 2.24) is 24.3 Å². The van der Waals surface area contributed by atoms with Crippen LogP contribution in [0.25, 0.3) is 0 Å². The standard InChI is InChI=1S/C20H27N5O2/c1-3-23-11-17(22-13-23)12-24-9-15-7-16(10-24)19(8-21-14(2)26)25-18(15)5-4-6-20(25)27/h4-6,11,13,15-16,19H,3,7-10,12H2,1-2H3,(H,21,26)/t15-,16+,19+/m1/s1. The van der Waals surface area contributed by atoms with Gasteiger partial charge < -0.3 is 14.5 Å². The molecule has 0 unspecified atom stereocenters. The molecule has 1 saturated heterocycles. The van der Waals surface area contributed by atoms with E-state index in [1.54, 1.807) is 6.07 Å². The van der Waals surface area contributed by atoms with Gasteiger partial charge in [-0.1, -0.05) is 6.07 Å². The topological polar surface area (TPSA) is 72.2 Å². The third-order valence-electron chi connectivity index (χ3n) is 5.87. The summed E-state index contributed by atoms with van der Waals surface area (Å²) >= 11 is 0. The fourth-order valence-corrected chi connectivity index (χ4v) is 4.67. The SMILES string of the molecule is CCn1cnc(CN2C[C@H]3C[C@@H](C2)[C@H](CNC(C)=O)n2c3cccc2=O)c1. The summed E-state index contributed by atoms with van der Waals surface area (Å²) in [6.45, 7) is 7.74. The summed E-state index contributed by atoms with van der Waals surface area (Å²) in [5, 5.41) is 2.93. The average Bonchev–Trinajstić information content (AvgIpc) is 3.09. The second-order valence-corrected chi connectivity index (χ2v) is 7.75. The van der Waals surface area contributed by atoms with E-state index in [-0.39, 0.29) is 17.5 Å². The Morgan fingerprint density at radius 2 is 2.19 bits per heavy atom. The zero-order valence-electron chi connectivity index (χ0n) is 16.0. The summed E-state index contributed by atoms with van der Waals surface area (Å²) in [6, 6.07) is 5.55. The number of nitrogens with one attached hydrogen (secondary N) is 1. The minimum atomic E-state index is -0.0552. The molecule has 4 heterocycles. The number of aryl methyl sites for hydroxylation is 1. The molecule has 0 spiro atoms. The van der Waals surface area contributed by atoms with Crippen LogP contribution < -0.4 is 10.9 Å². The number of likely N-dealkylation sites (tertiary alicyclic amines) is 1. The summed E-state index contributed by atoms with van der Waals surface area (Å²) < 4.78 is 4.02. The van der Waals surface area contributed by atoms with Crippen molar-refractivity contribution in [3.63, 3.8) is 0 Å². The first-order chi connectivity index (χ1) is 13.0. The first kappa shape index (κ1) is 18.0. The normalized spacial score (nSPS) is 24.4. The van der Waals surface area contributed by atoms with E-state index >= 15 is 0 Å². The highest BCUT2D eigenvalue weighted by Gasteiger charge is 2.40. The van der Waals surface area contributed by atoms with Crippen molar-refractivity contribution < 1.29 is 4.79 Å². The number of piperidine rings is 1. The fourth-order valence-electron chi connectivity index (χ4n) is 4.67. The molecule has 2 aliphatic heterocycles. The van der Waals surface area contributed by atoms with E-state index in [1.807, 2.05) is 17.0 Å². The minimum absolute atomic E-state index is 0.00449. The number of imidazole rings is 1. The maximum Gasteiger partial charge on any atom is 0.251 e. The van der Waals surface area contributed by atoms with E-state index in [0.717, 1.165) is 44.0 Å². The molecule has 1 fully saturated rings. The molecular formula is C20H27N5O2. The van der Waals surface area contributed by atoms with Gasteiger partial charge in [-0.05, 0) is 25.3 Å². The Labute approximate surface area is 159 Å². The van der Waals surface area contributed by atoms with Gasteiger partial charge in [0.15, 0.2) is 0 Å². The number of rotatable bonds is 5. The lowest BCUT2D eigenvalue weighted by molar-refractivity contribution is -0.119. The van der Waals surface area contributed by atoms with Gasteiger partial charge in [0.1, 0.15) is 0 Å². The molecular weight excluding hydrogens is 342 g/mol. The Balaban J connectivity index is 1.60. The number of hydrogen-bond donors (Lipinski definition) is 1. The van der Waals surface area contributed by atoms with Crippen LogP contribution in [0.2, 0.25) is 0 Å². The molecule has 144 valence electrons. The van der Waals surface area contributed by atoms with E-state index < -0.39 is 0 Å². The monoisotopic (exact) mass is 369 g/mol. The molecule has 2 aromatic heterocycles. The molecule has 1 N–H and O–H groups in total. The number of carbonyl (C=O) groups excluding carboxylic acids is 1. The number of carbonyl (C=O) groups is 1. The molecule has 27 heavy (non-hydrogen) atoms. The first-order valence-electron chi connectivity index (χ1n) is 9.74. The summed E-state index contributed by atoms with van der Waals surface area (Å²) in [5.41, 5.74) is 2.21. The Morgan fingerprint density at radius 3 is 2.93 bits per heavy atom. The predicted octanol–water partition coefficient (Wildman–Crippen LogP) is 1.36. The average molecular weight is 369 g/mol. The van der Waals surface area contributed by atoms with E-state index in [4.69, 9.17) is 0 Å². The number of hydrogen-bond acceptors (Lipinski definition) is 4. The maximum absolute atomic E-state index is 12.6. The van der Waals surface area contributed by atoms with Gasteiger partial charge in [0, 0.05) is 63.5 Å². The molecule has 4 rings (SSSR count). The van der Waals surface area contributed by atoms with E-state index in [2.05, 4.69) is 39.0 Å². The van der Waals surface area contributed by atoms with E-state index in [9.17, 15) is 9.59 Å². The van der Waals surface area contributed by atoms with Crippen LogP contribution in [-0.2, 0) is 17.9 Å². The van der Waals surface area contributed by atoms with Crippen molar-refractivity contribution in [2.75, 3.05) is 19.6 Å². The highest BCUT2D eigenvalue weighted by molar-refractivity contribution is 5.72. The van der Waals surface area contributed by atoms with Crippen molar-refractivity contribution in [3.05, 3.63) is 52.5 Å². The molecule has 2 aliphatic rings. The van der Waals surface area contributed by atoms with Gasteiger partial charge in [-0.25, -0.2) is 4.98 Å². The van der Waals surface area contributed by atoms with Crippen molar-refractivity contribution >= 4 is 5.91 Å². The number of nitrogens with zero attached hydrogens (tertiary/aromatic N) is 4. The van der Waals surface area contributed by atoms with Crippen molar-refractivity contribution in [2.45, 2.75) is 45.3 Å². The summed E-state index contributed by atoms with van der Waals surface area (Å²) in [5.74, 6) is 0.636. The Morgan fingerprint density at radius 1 is 1.33 bits per heavy atom. The van der Waals surface area contributed by atoms with Crippen LogP contribution in [0.15, 0.2) is 35.5 Å². The zero-order valence-corrected chi connectivity index (χ0v) is 16.0. The molecule has 1 amide bonds. The number of pyridine rings is 1. The fraction of sp³-hybridized carbons (Fsp3) is 0.550. The van der Waals surface area contributed by atoms with Crippen molar-refractivity contribution in [3.8, 4) is 0 Å². The van der Waals surface area contributed by atoms with Gasteiger partial charge in [0.2, 0.25) is 5.91 Å². The second-order valence-electron chi connectivity index (χ2n) is 7.75. The van der Waals surface area contributed by atoms with Crippen LogP contribution in [0.5, 0.6) is 0 Å². The van der Waals surface area contributed by atoms with Crippen LogP contribution in [0, 0.1) is 5.92 Å². The molecule has 0 radical (unpaired) electrons. The van der Waals surface area contributed by atoms with Gasteiger partial charge in [0.05, 0.1) is 18.1 Å². The lowest BCUT2D eigenvalue weighted by atomic mass is 9.78. The minimum Gasteiger partial charge on any atom is -0.354 e. The lowest BCUT2D eigenvalue weighted by Crippen LogP contribution is -2.51. The van der Waals surface area contributed by atoms with Crippen molar-refractivity contribution in [1.29, 1.82) is 0 Å². The Bertz CT molecular complexity index is 886. The third-order valence-corrected chi connectivity index (χ3v) is 5.87. The van der Waals surface area contributed by atoms with Crippen molar-refractivity contribution in [2.24, 2.45) is 5.92 Å². The van der Waals surface area contributed by atoms with Gasteiger partial charge in [-0.15, -0.1) is 0 Å². The third kappa shape index (κ3) is 3.56. The molecule has 7 heteroatoms. The highest BCUT2D eigenvalue weighted by Crippen LogP contribution is 2.41. The Kier molecular flexibility index (Phi) is 4.86. The van der Waals surface area contributed by atoms with Crippen LogP contribution in [0.3, 0.4) is 0 Å². The van der Waals surface area contributed by atoms with Crippen LogP contribution >= 0.6 is 0 Å². The lowest BCUT2D eigenvalue weighted by Gasteiger charge is -2.47. The maximum atomic E-state index is 12.6. The summed E-state index contributed by atoms with van der Waals surface area (Å²) in [7, 11) is 0. The first-order valence-corrected chi connectivity index (χ1v) is 9.74. The smallest absolute Gasteiger partial charge is 0.251 e. The number of fused-ring (bicyclic) bond motifs is 4. The molecule has 0 saturated carbocycles. The summed E-state index contributed by atoms with van der Waals surface area (Å²) in [4.78, 5) is 31.0. The van der Waals surface area contributed by atoms with E-state index in [0.29, 0.717) is 18.4 Å². The number of amides is 1. The summed E-state index contributed by atoms with van der Waals surface area (Å²) in [6.07, 6.45) is 5.06. The zero-order chi connectivity index (χ0) is 19.0. The number of aromatic nitrogens is 3. The quantitative estimate of drug-likeness (QED) is 0.864.